The largest absolute Gasteiger partial charge is 0.350 e. The van der Waals surface area contributed by atoms with E-state index in [-0.39, 0.29) is 17.8 Å². The lowest BCUT2D eigenvalue weighted by Crippen LogP contribution is -2.40. The number of nitrogens with one attached hydrogen (secondary N) is 1. The summed E-state index contributed by atoms with van der Waals surface area (Å²) in [6, 6.07) is 6.69. The Labute approximate surface area is 160 Å². The molecule has 1 amide bonds. The van der Waals surface area contributed by atoms with Crippen molar-refractivity contribution in [2.45, 2.75) is 52.6 Å². The van der Waals surface area contributed by atoms with Crippen molar-refractivity contribution in [3.63, 3.8) is 0 Å². The molecule has 0 spiro atoms. The second kappa shape index (κ2) is 8.65. The van der Waals surface area contributed by atoms with Gasteiger partial charge in [-0.1, -0.05) is 18.6 Å². The maximum Gasteiger partial charge on any atom is 0.255 e. The van der Waals surface area contributed by atoms with Crippen LogP contribution < -0.4 is 5.32 Å². The lowest BCUT2D eigenvalue weighted by molar-refractivity contribution is 0.0923. The maximum absolute atomic E-state index is 13.4. The molecule has 27 heavy (non-hydrogen) atoms. The smallest absolute Gasteiger partial charge is 0.255 e. The van der Waals surface area contributed by atoms with Crippen LogP contribution in [0.1, 0.15) is 59.5 Å². The third kappa shape index (κ3) is 4.38. The van der Waals surface area contributed by atoms with Gasteiger partial charge in [0.25, 0.3) is 5.91 Å². The van der Waals surface area contributed by atoms with Crippen LogP contribution in [0, 0.1) is 19.7 Å². The van der Waals surface area contributed by atoms with Gasteiger partial charge < -0.3 is 5.32 Å². The third-order valence-corrected chi connectivity index (χ3v) is 5.45. The molecule has 1 N–H and O–H groups in total. The van der Waals surface area contributed by atoms with E-state index in [9.17, 15) is 9.18 Å². The monoisotopic (exact) mass is 372 g/mol. The number of benzene rings is 1. The molecule has 2 heterocycles. The zero-order chi connectivity index (χ0) is 19.4. The van der Waals surface area contributed by atoms with Gasteiger partial charge in [0.15, 0.2) is 0 Å². The van der Waals surface area contributed by atoms with E-state index in [4.69, 9.17) is 0 Å². The summed E-state index contributed by atoms with van der Waals surface area (Å²) in [6.45, 7) is 9.07. The Balaban J connectivity index is 1.77. The number of aromatic nitrogens is 2. The van der Waals surface area contributed by atoms with Crippen LogP contribution in [-0.4, -0.2) is 40.2 Å². The van der Waals surface area contributed by atoms with Gasteiger partial charge in [0.2, 0.25) is 0 Å². The first-order chi connectivity index (χ1) is 13.0. The average molecular weight is 372 g/mol. The molecule has 0 unspecified atom stereocenters. The Morgan fingerprint density at radius 1 is 1.19 bits per heavy atom. The number of nitrogens with zero attached hydrogens (tertiary/aromatic N) is 3. The fraction of sp³-hybridized carbons (Fsp3) is 0.524. The molecule has 0 radical (unpaired) electrons. The van der Waals surface area contributed by atoms with Crippen LogP contribution in [0.5, 0.6) is 0 Å². The van der Waals surface area contributed by atoms with Crippen molar-refractivity contribution in [1.82, 2.24) is 20.0 Å². The summed E-state index contributed by atoms with van der Waals surface area (Å²) in [7, 11) is 0. The van der Waals surface area contributed by atoms with Gasteiger partial charge in [-0.25, -0.2) is 4.39 Å². The number of carbonyl (C=O) groups is 1. The van der Waals surface area contributed by atoms with E-state index in [1.807, 2.05) is 37.6 Å². The molecule has 3 rings (SSSR count). The number of rotatable bonds is 6. The predicted molar refractivity (Wildman–Crippen MR) is 104 cm³/mol. The summed E-state index contributed by atoms with van der Waals surface area (Å²) in [5, 5.41) is 7.54. The molecule has 1 fully saturated rings. The number of halogens is 1. The highest BCUT2D eigenvalue weighted by molar-refractivity contribution is 5.96. The first-order valence-electron chi connectivity index (χ1n) is 9.83. The summed E-state index contributed by atoms with van der Waals surface area (Å²) in [5.74, 6) is -0.327. The number of piperidine rings is 1. The number of amides is 1. The molecular formula is C21H29FN4O. The van der Waals surface area contributed by atoms with Crippen molar-refractivity contribution < 1.29 is 9.18 Å². The molecule has 1 saturated heterocycles. The molecule has 0 bridgehead atoms. The second-order valence-corrected chi connectivity index (χ2v) is 7.24. The van der Waals surface area contributed by atoms with Crippen LogP contribution in [0.4, 0.5) is 4.39 Å². The predicted octanol–water partition coefficient (Wildman–Crippen LogP) is 3.62. The minimum absolute atomic E-state index is 0.0525. The molecule has 2 aromatic rings. The second-order valence-electron chi connectivity index (χ2n) is 7.24. The molecule has 0 aliphatic carbocycles. The molecule has 1 atom stereocenters. The van der Waals surface area contributed by atoms with Crippen molar-refractivity contribution in [3.05, 3.63) is 52.6 Å². The number of hydrogen-bond acceptors (Lipinski definition) is 3. The third-order valence-electron chi connectivity index (χ3n) is 5.45. The minimum atomic E-state index is -0.238. The van der Waals surface area contributed by atoms with Crippen molar-refractivity contribution >= 4 is 5.91 Å². The Kier molecular flexibility index (Phi) is 6.26. The molecule has 5 nitrogen and oxygen atoms in total. The van der Waals surface area contributed by atoms with Crippen LogP contribution >= 0.6 is 0 Å². The Hall–Kier alpha value is -2.21. The Morgan fingerprint density at radius 2 is 1.85 bits per heavy atom. The van der Waals surface area contributed by atoms with Crippen molar-refractivity contribution in [1.29, 1.82) is 0 Å². The molecule has 1 aliphatic heterocycles. The van der Waals surface area contributed by atoms with Gasteiger partial charge in [0.1, 0.15) is 5.82 Å². The zero-order valence-electron chi connectivity index (χ0n) is 16.5. The molecule has 6 heteroatoms. The van der Waals surface area contributed by atoms with Gasteiger partial charge in [-0.2, -0.15) is 5.10 Å². The van der Waals surface area contributed by atoms with Gasteiger partial charge in [0.05, 0.1) is 17.3 Å². The van der Waals surface area contributed by atoms with Gasteiger partial charge in [-0.05, 0) is 64.4 Å². The topological polar surface area (TPSA) is 50.2 Å². The van der Waals surface area contributed by atoms with Crippen LogP contribution in [0.2, 0.25) is 0 Å². The molecule has 1 aliphatic rings. The van der Waals surface area contributed by atoms with Crippen LogP contribution in [0.15, 0.2) is 24.3 Å². The fourth-order valence-corrected chi connectivity index (χ4v) is 3.98. The highest BCUT2D eigenvalue weighted by Gasteiger charge is 2.24. The normalized spacial score (nSPS) is 16.3. The highest BCUT2D eigenvalue weighted by atomic mass is 19.1. The minimum Gasteiger partial charge on any atom is -0.350 e. The maximum atomic E-state index is 13.4. The van der Waals surface area contributed by atoms with E-state index >= 15 is 0 Å². The molecule has 1 aromatic heterocycles. The van der Waals surface area contributed by atoms with Crippen molar-refractivity contribution in [3.8, 4) is 0 Å². The van der Waals surface area contributed by atoms with E-state index in [0.29, 0.717) is 12.1 Å². The number of aryl methyl sites for hydroxylation is 2. The summed E-state index contributed by atoms with van der Waals surface area (Å²) in [4.78, 5) is 15.2. The van der Waals surface area contributed by atoms with Gasteiger partial charge in [-0.3, -0.25) is 14.4 Å². The summed E-state index contributed by atoms with van der Waals surface area (Å²) < 4.78 is 15.2. The van der Waals surface area contributed by atoms with E-state index in [2.05, 4.69) is 15.3 Å². The van der Waals surface area contributed by atoms with E-state index in [1.165, 1.54) is 18.6 Å². The SMILES string of the molecule is CCn1nc(C)c(C(=O)NC[C@H](c2ccc(F)cc2)N2CCCCC2)c1C. The van der Waals surface area contributed by atoms with Crippen LogP contribution in [-0.2, 0) is 6.54 Å². The summed E-state index contributed by atoms with van der Waals surface area (Å²) in [6.07, 6.45) is 3.56. The highest BCUT2D eigenvalue weighted by Crippen LogP contribution is 2.25. The van der Waals surface area contributed by atoms with Crippen molar-refractivity contribution in [2.75, 3.05) is 19.6 Å². The number of carbonyl (C=O) groups excluding carboxylic acids is 1. The van der Waals surface area contributed by atoms with Crippen molar-refractivity contribution in [2.24, 2.45) is 0 Å². The lowest BCUT2D eigenvalue weighted by Gasteiger charge is -2.35. The Morgan fingerprint density at radius 3 is 2.44 bits per heavy atom. The first-order valence-corrected chi connectivity index (χ1v) is 9.83. The summed E-state index contributed by atoms with van der Waals surface area (Å²) >= 11 is 0. The fourth-order valence-electron chi connectivity index (χ4n) is 3.98. The van der Waals surface area contributed by atoms with Gasteiger partial charge in [-0.15, -0.1) is 0 Å². The number of hydrogen-bond donors (Lipinski definition) is 1. The average Bonchev–Trinajstić information content (AvgIpc) is 2.97. The van der Waals surface area contributed by atoms with E-state index < -0.39 is 0 Å². The summed E-state index contributed by atoms with van der Waals surface area (Å²) in [5.41, 5.74) is 3.34. The van der Waals surface area contributed by atoms with E-state index in [0.717, 1.165) is 49.4 Å². The standard InChI is InChI=1S/C21H29FN4O/c1-4-26-16(3)20(15(2)24-26)21(27)23-14-19(25-12-6-5-7-13-25)17-8-10-18(22)11-9-17/h8-11,19H,4-7,12-14H2,1-3H3,(H,23,27)/t19-/m1/s1. The molecule has 146 valence electrons. The van der Waals surface area contributed by atoms with Gasteiger partial charge in [0, 0.05) is 18.8 Å². The Bertz CT molecular complexity index is 778. The number of likely N-dealkylation sites (tertiary alicyclic amines) is 1. The molecule has 1 aromatic carbocycles. The quantitative estimate of drug-likeness (QED) is 0.843. The zero-order valence-corrected chi connectivity index (χ0v) is 16.5. The molecular weight excluding hydrogens is 343 g/mol. The molecule has 0 saturated carbocycles. The lowest BCUT2D eigenvalue weighted by atomic mass is 10.0. The van der Waals surface area contributed by atoms with E-state index in [1.54, 1.807) is 0 Å². The van der Waals surface area contributed by atoms with Crippen LogP contribution in [0.3, 0.4) is 0 Å². The van der Waals surface area contributed by atoms with Crippen LogP contribution in [0.25, 0.3) is 0 Å². The first kappa shape index (κ1) is 19.5. The van der Waals surface area contributed by atoms with Gasteiger partial charge >= 0.3 is 0 Å².